The van der Waals surface area contributed by atoms with Crippen molar-refractivity contribution in [2.45, 2.75) is 9.79 Å². The van der Waals surface area contributed by atoms with Crippen LogP contribution in [0.3, 0.4) is 0 Å². The second-order valence-electron chi connectivity index (χ2n) is 15.5. The minimum Gasteiger partial charge on any atom is -0.505 e. The molecule has 11 N–H and O–H groups in total. The van der Waals surface area contributed by atoms with Gasteiger partial charge in [-0.2, -0.15) is 28.9 Å². The molecule has 360 valence electrons. The van der Waals surface area contributed by atoms with Gasteiger partial charge < -0.3 is 21.7 Å². The number of rotatable bonds is 12. The highest BCUT2D eigenvalue weighted by Gasteiger charge is 2.31. The third-order valence-corrected chi connectivity index (χ3v) is 13.2. The molecule has 72 heavy (non-hydrogen) atoms. The molecule has 0 bridgehead atoms. The van der Waals surface area contributed by atoms with Gasteiger partial charge in [0.1, 0.15) is 16.3 Å². The number of azo groups is 4. The number of phenolic OH excluding ortho intramolecular Hbond substituents is 2. The molecule has 0 heterocycles. The summed E-state index contributed by atoms with van der Waals surface area (Å²) in [5.41, 5.74) is 13.2. The van der Waals surface area contributed by atoms with E-state index in [-0.39, 0.29) is 83.2 Å². The molecule has 0 fully saturated rings. The predicted octanol–water partition coefficient (Wildman–Crippen LogP) is 10.4. The Balaban J connectivity index is 0.966. The maximum Gasteiger partial charge on any atom is 0.296 e. The first-order chi connectivity index (χ1) is 34.2. The number of sulfonamides is 1. The van der Waals surface area contributed by atoms with E-state index in [0.29, 0.717) is 28.1 Å². The van der Waals surface area contributed by atoms with Crippen LogP contribution in [-0.2, 0) is 31.4 Å². The van der Waals surface area contributed by atoms with Gasteiger partial charge in [0.2, 0.25) is 10.0 Å². The minimum atomic E-state index is -5.11. The average molecular weight is 1030 g/mol. The van der Waals surface area contributed by atoms with Gasteiger partial charge in [-0.15, -0.1) is 20.5 Å². The van der Waals surface area contributed by atoms with E-state index in [1.807, 2.05) is 0 Å². The molecule has 0 aliphatic heterocycles. The molecule has 8 aromatic carbocycles. The Morgan fingerprint density at radius 2 is 0.958 bits per heavy atom. The van der Waals surface area contributed by atoms with Crippen LogP contribution in [0.25, 0.3) is 21.5 Å². The SMILES string of the molecule is Nc1ccc(N=Nc2ccc(S(N)(=O)=O)cc2)c2ccc(N=Nc3ccc4c(c3)C(=O)c3ccc(N=Nc5c(S(=O)(=O)O)cc6c(N=Nc7ccc(NS(=O)O)cc7)ccc(N)c6c5O)cc3C4=O)c(O)c12. The topological polar surface area (TPSA) is 389 Å². The summed E-state index contributed by atoms with van der Waals surface area (Å²) in [5, 5.41) is 61.3. The van der Waals surface area contributed by atoms with E-state index in [1.165, 1.54) is 109 Å². The smallest absolute Gasteiger partial charge is 0.296 e. The van der Waals surface area contributed by atoms with Crippen molar-refractivity contribution >= 4 is 127 Å². The van der Waals surface area contributed by atoms with Crippen molar-refractivity contribution in [2.24, 2.45) is 46.1 Å². The third kappa shape index (κ3) is 9.49. The van der Waals surface area contributed by atoms with E-state index < -0.39 is 59.3 Å². The van der Waals surface area contributed by atoms with Crippen LogP contribution in [-0.4, -0.2) is 51.9 Å². The van der Waals surface area contributed by atoms with Crippen LogP contribution in [0.2, 0.25) is 0 Å². The molecule has 1 aliphatic rings. The lowest BCUT2D eigenvalue weighted by atomic mass is 9.83. The van der Waals surface area contributed by atoms with Crippen LogP contribution in [0, 0.1) is 0 Å². The molecule has 1 aliphatic carbocycles. The Kier molecular flexibility index (Phi) is 12.5. The van der Waals surface area contributed by atoms with Crippen molar-refractivity contribution in [3.63, 3.8) is 0 Å². The van der Waals surface area contributed by atoms with Gasteiger partial charge in [-0.25, -0.2) is 17.8 Å². The van der Waals surface area contributed by atoms with Gasteiger partial charge in [0.25, 0.3) is 21.4 Å². The van der Waals surface area contributed by atoms with Gasteiger partial charge in [0, 0.05) is 50.1 Å². The summed E-state index contributed by atoms with van der Waals surface area (Å²) in [6, 6.07) is 29.2. The molecular weight excluding hydrogens is 993 g/mol. The molecule has 0 saturated heterocycles. The van der Waals surface area contributed by atoms with Crippen molar-refractivity contribution in [2.75, 3.05) is 16.2 Å². The number of carbonyl (C=O) groups is 2. The van der Waals surface area contributed by atoms with E-state index in [1.54, 1.807) is 12.1 Å². The van der Waals surface area contributed by atoms with Crippen molar-refractivity contribution in [3.8, 4) is 11.5 Å². The van der Waals surface area contributed by atoms with Crippen LogP contribution in [0.1, 0.15) is 31.8 Å². The van der Waals surface area contributed by atoms with Crippen LogP contribution >= 0.6 is 0 Å². The predicted molar refractivity (Wildman–Crippen MR) is 265 cm³/mol. The Morgan fingerprint density at radius 1 is 0.500 bits per heavy atom. The highest BCUT2D eigenvalue weighted by atomic mass is 32.2. The molecule has 0 aromatic heterocycles. The summed E-state index contributed by atoms with van der Waals surface area (Å²) in [6.07, 6.45) is 0. The number of carbonyl (C=O) groups excluding carboxylic acids is 2. The van der Waals surface area contributed by atoms with Crippen LogP contribution in [0.4, 0.5) is 62.6 Å². The fraction of sp³-hybridized carbons (Fsp3) is 0. The third-order valence-electron chi connectivity index (χ3n) is 11.0. The first-order valence-corrected chi connectivity index (χ1v) is 24.6. The van der Waals surface area contributed by atoms with Crippen molar-refractivity contribution in [1.29, 1.82) is 0 Å². The van der Waals surface area contributed by atoms with E-state index >= 15 is 0 Å². The maximum atomic E-state index is 13.9. The molecule has 0 spiro atoms. The van der Waals surface area contributed by atoms with Gasteiger partial charge >= 0.3 is 0 Å². The highest BCUT2D eigenvalue weighted by Crippen LogP contribution is 2.47. The van der Waals surface area contributed by atoms with E-state index in [0.717, 1.165) is 6.07 Å². The standard InChI is InChI=1S/C46H32N12O11S3/c47-34-14-17-36(54-51-23-5-9-27(10-6-23)71(49,65)66)30-13-16-38(45(61)40(30)34)56-52-25-7-11-28-31(19-25)43(59)29-12-8-26(20-32(29)44(28)60)53-57-42-39(72(67,68)69)21-33-37(18-15-35(48)41(33)46(42)62)55-50-22-1-3-24(4-2-22)58-70(63)64/h1-21,58,61-62H,47-48H2,(H,63,64)(H2,49,65,66)(H,67,68,69). The monoisotopic (exact) mass is 1020 g/mol. The van der Waals surface area contributed by atoms with E-state index in [9.17, 15) is 45.4 Å². The number of aromatic hydroxyl groups is 2. The Morgan fingerprint density at radius 3 is 1.49 bits per heavy atom. The number of benzene rings is 8. The number of phenols is 2. The maximum absolute atomic E-state index is 13.9. The lowest BCUT2D eigenvalue weighted by Crippen LogP contribution is -2.20. The second-order valence-corrected chi connectivity index (χ2v) is 19.2. The lowest BCUT2D eigenvalue weighted by Gasteiger charge is -2.17. The zero-order chi connectivity index (χ0) is 51.2. The number of fused-ring (bicyclic) bond motifs is 4. The van der Waals surface area contributed by atoms with Gasteiger partial charge in [-0.3, -0.25) is 23.4 Å². The number of ketones is 2. The Hall–Kier alpha value is -9.05. The zero-order valence-corrected chi connectivity index (χ0v) is 38.8. The average Bonchev–Trinajstić information content (AvgIpc) is 3.34. The van der Waals surface area contributed by atoms with Crippen molar-refractivity contribution < 1.29 is 50.0 Å². The first kappa shape index (κ1) is 48.0. The van der Waals surface area contributed by atoms with Gasteiger partial charge in [-0.05, 0) is 127 Å². The number of hydrogen-bond acceptors (Lipinski definition) is 19. The molecular formula is C46H32N12O11S3. The number of anilines is 3. The highest BCUT2D eigenvalue weighted by molar-refractivity contribution is 7.89. The zero-order valence-electron chi connectivity index (χ0n) is 36.3. The molecule has 23 nitrogen and oxygen atoms in total. The fourth-order valence-corrected chi connectivity index (χ4v) is 9.04. The van der Waals surface area contributed by atoms with Gasteiger partial charge in [-0.1, -0.05) is 0 Å². The molecule has 0 saturated carbocycles. The summed E-state index contributed by atoms with van der Waals surface area (Å²) in [6.45, 7) is 0. The summed E-state index contributed by atoms with van der Waals surface area (Å²) in [4.78, 5) is 26.7. The van der Waals surface area contributed by atoms with Gasteiger partial charge in [0.05, 0.1) is 49.8 Å². The summed E-state index contributed by atoms with van der Waals surface area (Å²) in [5.74, 6) is -2.26. The van der Waals surface area contributed by atoms with Crippen LogP contribution in [0.5, 0.6) is 11.5 Å². The molecule has 1 atom stereocenters. The molecule has 1 unspecified atom stereocenters. The summed E-state index contributed by atoms with van der Waals surface area (Å²) >= 11 is -2.30. The number of nitrogen functional groups attached to an aromatic ring is 2. The number of primary sulfonamides is 1. The molecule has 26 heteroatoms. The van der Waals surface area contributed by atoms with Gasteiger partial charge in [0.15, 0.2) is 23.1 Å². The Bertz CT molecular complexity index is 4020. The summed E-state index contributed by atoms with van der Waals surface area (Å²) < 4.78 is 81.3. The molecule has 0 radical (unpaired) electrons. The largest absolute Gasteiger partial charge is 0.505 e. The Labute approximate surface area is 408 Å². The number of nitrogens with one attached hydrogen (secondary N) is 1. The molecule has 8 aromatic rings. The van der Waals surface area contributed by atoms with Crippen molar-refractivity contribution in [1.82, 2.24) is 0 Å². The lowest BCUT2D eigenvalue weighted by molar-refractivity contribution is 0.0979. The first-order valence-electron chi connectivity index (χ1n) is 20.5. The molecule has 0 amide bonds. The van der Waals surface area contributed by atoms with E-state index in [2.05, 4.69) is 45.6 Å². The minimum absolute atomic E-state index is 0.00186. The quantitative estimate of drug-likeness (QED) is 0.0244. The van der Waals surface area contributed by atoms with Crippen LogP contribution in [0.15, 0.2) is 178 Å². The summed E-state index contributed by atoms with van der Waals surface area (Å²) in [7, 11) is -9.01. The van der Waals surface area contributed by atoms with Crippen LogP contribution < -0.4 is 21.3 Å². The number of nitrogens with zero attached hydrogens (tertiary/aromatic N) is 8. The number of hydrogen-bond donors (Lipinski definition) is 8. The van der Waals surface area contributed by atoms with E-state index in [4.69, 9.17) is 21.2 Å². The number of nitrogens with two attached hydrogens (primary N) is 3. The fourth-order valence-electron chi connectivity index (χ4n) is 7.54. The normalized spacial score (nSPS) is 13.5. The molecule has 9 rings (SSSR count). The second kappa shape index (κ2) is 18.7. The van der Waals surface area contributed by atoms with Crippen molar-refractivity contribution in [3.05, 3.63) is 150 Å².